The molecule has 0 aliphatic rings. The minimum atomic E-state index is 0.0794. The van der Waals surface area contributed by atoms with E-state index in [9.17, 15) is 0 Å². The Labute approximate surface area is 113 Å². The Kier molecular flexibility index (Phi) is 3.98. The first-order valence-electron chi connectivity index (χ1n) is 5.40. The average molecular weight is 268 g/mol. The van der Waals surface area contributed by atoms with Gasteiger partial charge in [0.15, 0.2) is 5.82 Å². The van der Waals surface area contributed by atoms with Crippen LogP contribution < -0.4 is 4.74 Å². The molecule has 0 radical (unpaired) electrons. The Balaban J connectivity index is 2.53. The lowest BCUT2D eigenvalue weighted by Crippen LogP contribution is -1.89. The van der Waals surface area contributed by atoms with Crippen molar-refractivity contribution < 1.29 is 4.74 Å². The van der Waals surface area contributed by atoms with Gasteiger partial charge in [-0.1, -0.05) is 0 Å². The first-order valence-corrected chi connectivity index (χ1v) is 5.40. The zero-order chi connectivity index (χ0) is 14.4. The largest absolute Gasteiger partial charge is 0.497 e. The number of hydrogen-bond donors (Lipinski definition) is 0. The highest BCUT2D eigenvalue weighted by Crippen LogP contribution is 2.25. The molecule has 0 saturated heterocycles. The summed E-state index contributed by atoms with van der Waals surface area (Å²) in [5.41, 5.74) is 17.6. The molecular formula is C11H8N8O. The van der Waals surface area contributed by atoms with Crippen LogP contribution >= 0.6 is 0 Å². The van der Waals surface area contributed by atoms with Gasteiger partial charge >= 0.3 is 0 Å². The fourth-order valence-electron chi connectivity index (χ4n) is 1.49. The molecule has 0 atom stereocenters. The Bertz CT molecular complexity index is 677. The SMILES string of the molecule is COc1ccc(-c2nc(N=[N+]=[N-])cc(N=[N+]=[N-])n2)cc1. The first kappa shape index (κ1) is 13.2. The van der Waals surface area contributed by atoms with Crippen molar-refractivity contribution in [2.45, 2.75) is 0 Å². The molecule has 1 aromatic heterocycles. The monoisotopic (exact) mass is 268 g/mol. The minimum absolute atomic E-state index is 0.0794. The summed E-state index contributed by atoms with van der Waals surface area (Å²) < 4.78 is 5.06. The number of aromatic nitrogens is 2. The summed E-state index contributed by atoms with van der Waals surface area (Å²) >= 11 is 0. The summed E-state index contributed by atoms with van der Waals surface area (Å²) in [4.78, 5) is 13.4. The van der Waals surface area contributed by atoms with Crippen LogP contribution in [0.3, 0.4) is 0 Å². The third-order valence-electron chi connectivity index (χ3n) is 2.34. The van der Waals surface area contributed by atoms with Crippen molar-refractivity contribution in [2.24, 2.45) is 10.2 Å². The molecule has 9 heteroatoms. The first-order chi connectivity index (χ1) is 9.76. The number of azide groups is 2. The van der Waals surface area contributed by atoms with Gasteiger partial charge < -0.3 is 4.74 Å². The molecule has 0 N–H and O–H groups in total. The van der Waals surface area contributed by atoms with Gasteiger partial charge in [0.2, 0.25) is 0 Å². The zero-order valence-electron chi connectivity index (χ0n) is 10.4. The second kappa shape index (κ2) is 6.05. The molecule has 0 unspecified atom stereocenters. The van der Waals surface area contributed by atoms with Crippen molar-refractivity contribution in [3.8, 4) is 17.1 Å². The number of hydrogen-bond acceptors (Lipinski definition) is 5. The maximum atomic E-state index is 8.45. The van der Waals surface area contributed by atoms with Crippen LogP contribution in [-0.4, -0.2) is 17.1 Å². The maximum absolute atomic E-state index is 8.45. The number of methoxy groups -OCH3 is 1. The van der Waals surface area contributed by atoms with E-state index in [4.69, 9.17) is 15.8 Å². The molecule has 0 fully saturated rings. The molecule has 0 saturated carbocycles. The van der Waals surface area contributed by atoms with E-state index in [1.807, 2.05) is 0 Å². The molecule has 1 heterocycles. The average Bonchev–Trinajstić information content (AvgIpc) is 2.48. The normalized spacial score (nSPS) is 9.25. The van der Waals surface area contributed by atoms with Crippen molar-refractivity contribution in [3.63, 3.8) is 0 Å². The summed E-state index contributed by atoms with van der Waals surface area (Å²) in [5, 5.41) is 6.78. The van der Waals surface area contributed by atoms with Crippen LogP contribution in [0.5, 0.6) is 5.75 Å². The molecular weight excluding hydrogens is 260 g/mol. The smallest absolute Gasteiger partial charge is 0.160 e. The van der Waals surface area contributed by atoms with Gasteiger partial charge in [0, 0.05) is 15.4 Å². The van der Waals surface area contributed by atoms with Crippen molar-refractivity contribution in [1.82, 2.24) is 9.97 Å². The van der Waals surface area contributed by atoms with Gasteiger partial charge in [-0.2, -0.15) is 0 Å². The van der Waals surface area contributed by atoms with Crippen LogP contribution in [0.25, 0.3) is 32.3 Å². The molecule has 2 rings (SSSR count). The van der Waals surface area contributed by atoms with Gasteiger partial charge in [-0.05, 0) is 51.6 Å². The standard InChI is InChI=1S/C11H8N8O/c1-20-8-4-2-7(3-5-8)11-14-9(16-18-12)6-10(15-11)17-19-13/h2-6H,1H3. The van der Waals surface area contributed by atoms with E-state index in [0.29, 0.717) is 17.1 Å². The lowest BCUT2D eigenvalue weighted by Gasteiger charge is -2.04. The quantitative estimate of drug-likeness (QED) is 0.470. The molecule has 0 amide bonds. The lowest BCUT2D eigenvalue weighted by molar-refractivity contribution is 0.415. The minimum Gasteiger partial charge on any atom is -0.497 e. The molecule has 9 nitrogen and oxygen atoms in total. The molecule has 1 aromatic carbocycles. The van der Waals surface area contributed by atoms with Gasteiger partial charge in [0.05, 0.1) is 7.11 Å². The summed E-state index contributed by atoms with van der Waals surface area (Å²) in [6.07, 6.45) is 0. The van der Waals surface area contributed by atoms with E-state index < -0.39 is 0 Å². The Hall–Kier alpha value is -3.28. The van der Waals surface area contributed by atoms with Gasteiger partial charge in [0.1, 0.15) is 17.4 Å². The van der Waals surface area contributed by atoms with E-state index in [-0.39, 0.29) is 11.6 Å². The van der Waals surface area contributed by atoms with Gasteiger partial charge in [-0.25, -0.2) is 9.97 Å². The van der Waals surface area contributed by atoms with Crippen LogP contribution in [0, 0.1) is 0 Å². The highest BCUT2D eigenvalue weighted by atomic mass is 16.5. The third-order valence-corrected chi connectivity index (χ3v) is 2.34. The van der Waals surface area contributed by atoms with Crippen LogP contribution in [0.15, 0.2) is 40.6 Å². The highest BCUT2D eigenvalue weighted by molar-refractivity contribution is 5.60. The predicted octanol–water partition coefficient (Wildman–Crippen LogP) is 4.04. The van der Waals surface area contributed by atoms with Crippen molar-refractivity contribution >= 4 is 11.6 Å². The molecule has 0 spiro atoms. The van der Waals surface area contributed by atoms with Crippen LogP contribution in [0.4, 0.5) is 11.6 Å². The highest BCUT2D eigenvalue weighted by Gasteiger charge is 2.05. The Morgan fingerprint density at radius 3 is 2.00 bits per heavy atom. The van der Waals surface area contributed by atoms with Gasteiger partial charge in [0.25, 0.3) is 0 Å². The van der Waals surface area contributed by atoms with E-state index in [1.165, 1.54) is 6.07 Å². The van der Waals surface area contributed by atoms with E-state index in [1.54, 1.807) is 31.4 Å². The van der Waals surface area contributed by atoms with Crippen LogP contribution in [-0.2, 0) is 0 Å². The number of nitrogens with zero attached hydrogens (tertiary/aromatic N) is 8. The predicted molar refractivity (Wildman–Crippen MR) is 71.6 cm³/mol. The van der Waals surface area contributed by atoms with Crippen molar-refractivity contribution in [1.29, 1.82) is 0 Å². The molecule has 0 aliphatic heterocycles. The number of ether oxygens (including phenoxy) is 1. The van der Waals surface area contributed by atoms with Crippen molar-refractivity contribution in [3.05, 3.63) is 51.2 Å². The summed E-state index contributed by atoms with van der Waals surface area (Å²) in [5.74, 6) is 1.14. The second-order valence-corrected chi connectivity index (χ2v) is 3.52. The molecule has 20 heavy (non-hydrogen) atoms. The van der Waals surface area contributed by atoms with E-state index >= 15 is 0 Å². The summed E-state index contributed by atoms with van der Waals surface area (Å²) in [6.45, 7) is 0. The Morgan fingerprint density at radius 2 is 1.55 bits per heavy atom. The summed E-state index contributed by atoms with van der Waals surface area (Å²) in [6, 6.07) is 8.27. The van der Waals surface area contributed by atoms with Gasteiger partial charge in [-0.15, -0.1) is 0 Å². The van der Waals surface area contributed by atoms with Crippen LogP contribution in [0.1, 0.15) is 0 Å². The topological polar surface area (TPSA) is 133 Å². The van der Waals surface area contributed by atoms with E-state index in [2.05, 4.69) is 30.0 Å². The molecule has 0 aliphatic carbocycles. The fourth-order valence-corrected chi connectivity index (χ4v) is 1.49. The molecule has 0 bridgehead atoms. The number of benzene rings is 1. The van der Waals surface area contributed by atoms with Gasteiger partial charge in [-0.3, -0.25) is 0 Å². The summed E-state index contributed by atoms with van der Waals surface area (Å²) in [7, 11) is 1.56. The third kappa shape index (κ3) is 2.94. The second-order valence-electron chi connectivity index (χ2n) is 3.52. The zero-order valence-corrected chi connectivity index (χ0v) is 10.4. The lowest BCUT2D eigenvalue weighted by atomic mass is 10.2. The fraction of sp³-hybridized carbons (Fsp3) is 0.0909. The van der Waals surface area contributed by atoms with Crippen molar-refractivity contribution in [2.75, 3.05) is 7.11 Å². The maximum Gasteiger partial charge on any atom is 0.160 e. The van der Waals surface area contributed by atoms with Crippen LogP contribution in [0.2, 0.25) is 0 Å². The Morgan fingerprint density at radius 1 is 1.00 bits per heavy atom. The number of rotatable bonds is 4. The van der Waals surface area contributed by atoms with E-state index in [0.717, 1.165) is 0 Å². The molecule has 2 aromatic rings. The molecule has 98 valence electrons.